The number of carbonyl (C=O) groups excluding carboxylic acids is 1. The molecule has 1 N–H and O–H groups in total. The van der Waals surface area contributed by atoms with Crippen LogP contribution in [0.3, 0.4) is 0 Å². The summed E-state index contributed by atoms with van der Waals surface area (Å²) in [5, 5.41) is 4.70. The molecule has 23 heavy (non-hydrogen) atoms. The van der Waals surface area contributed by atoms with Crippen LogP contribution in [0.25, 0.3) is 0 Å². The topological polar surface area (TPSA) is 50.7 Å². The van der Waals surface area contributed by atoms with Gasteiger partial charge in [0.1, 0.15) is 5.75 Å². The third-order valence-corrected chi connectivity index (χ3v) is 4.65. The number of thiophene rings is 1. The van der Waals surface area contributed by atoms with Crippen molar-refractivity contribution in [1.82, 2.24) is 5.43 Å². The Hall–Kier alpha value is -1.56. The largest absolute Gasteiger partial charge is 0.481 e. The van der Waals surface area contributed by atoms with E-state index >= 15 is 0 Å². The minimum atomic E-state index is -0.682. The Morgan fingerprint density at radius 3 is 2.65 bits per heavy atom. The van der Waals surface area contributed by atoms with Gasteiger partial charge in [-0.25, -0.2) is 5.43 Å². The van der Waals surface area contributed by atoms with Crippen molar-refractivity contribution < 1.29 is 9.53 Å². The van der Waals surface area contributed by atoms with E-state index in [2.05, 4.69) is 10.5 Å². The van der Waals surface area contributed by atoms with Crippen LogP contribution in [0.2, 0.25) is 9.36 Å². The highest BCUT2D eigenvalue weighted by atomic mass is 35.5. The molecule has 1 amide bonds. The molecule has 0 aliphatic rings. The van der Waals surface area contributed by atoms with Gasteiger partial charge in [0.05, 0.1) is 14.9 Å². The van der Waals surface area contributed by atoms with Gasteiger partial charge in [-0.2, -0.15) is 5.10 Å². The van der Waals surface area contributed by atoms with Crippen molar-refractivity contribution in [2.75, 3.05) is 0 Å². The number of ether oxygens (including phenoxy) is 1. The Morgan fingerprint density at radius 2 is 2.04 bits per heavy atom. The number of rotatable bonds is 5. The number of carbonyl (C=O) groups is 1. The quantitative estimate of drug-likeness (QED) is 0.613. The summed E-state index contributed by atoms with van der Waals surface area (Å²) < 4.78 is 6.32. The van der Waals surface area contributed by atoms with Gasteiger partial charge >= 0.3 is 0 Å². The molecule has 1 aromatic carbocycles. The molecule has 122 valence electrons. The fourth-order valence-electron chi connectivity index (χ4n) is 1.78. The Balaban J connectivity index is 1.97. The number of nitrogens with zero attached hydrogens (tertiary/aromatic N) is 1. The highest BCUT2D eigenvalue weighted by molar-refractivity contribution is 7.18. The average Bonchev–Trinajstić information content (AvgIpc) is 2.93. The van der Waals surface area contributed by atoms with Crippen molar-refractivity contribution in [2.24, 2.45) is 5.10 Å². The molecule has 0 saturated carbocycles. The maximum atomic E-state index is 12.1. The first-order valence-electron chi connectivity index (χ1n) is 6.89. The fraction of sp³-hybridized carbons (Fsp3) is 0.250. The Kier molecular flexibility index (Phi) is 6.04. The SMILES string of the molecule is CC(=NNC(=O)C(C)Oc1ccc(Cl)cc1C)c1ccc(Cl)s1. The molecule has 7 heteroatoms. The van der Waals surface area contributed by atoms with E-state index in [1.54, 1.807) is 38.1 Å². The summed E-state index contributed by atoms with van der Waals surface area (Å²) in [5.74, 6) is 0.282. The predicted molar refractivity (Wildman–Crippen MR) is 96.0 cm³/mol. The molecule has 0 saturated heterocycles. The molecule has 1 atom stereocenters. The van der Waals surface area contributed by atoms with E-state index in [0.717, 1.165) is 10.4 Å². The Bertz CT molecular complexity index is 743. The summed E-state index contributed by atoms with van der Waals surface area (Å²) in [6.45, 7) is 5.34. The number of aryl methyl sites for hydroxylation is 1. The number of hydrogen-bond acceptors (Lipinski definition) is 4. The standard InChI is InChI=1S/C16H16Cl2N2O2S/c1-9-8-12(17)4-5-13(9)22-11(3)16(21)20-19-10(2)14-6-7-15(18)23-14/h4-8,11H,1-3H3,(H,20,21). The van der Waals surface area contributed by atoms with E-state index in [-0.39, 0.29) is 5.91 Å². The van der Waals surface area contributed by atoms with Gasteiger partial charge in [0.15, 0.2) is 6.10 Å². The molecular formula is C16H16Cl2N2O2S. The number of nitrogens with one attached hydrogen (secondary N) is 1. The number of amides is 1. The summed E-state index contributed by atoms with van der Waals surface area (Å²) in [4.78, 5) is 13.0. The fourth-order valence-corrected chi connectivity index (χ4v) is 3.00. The first-order chi connectivity index (χ1) is 10.9. The minimum Gasteiger partial charge on any atom is -0.481 e. The first kappa shape index (κ1) is 17.8. The van der Waals surface area contributed by atoms with Gasteiger partial charge < -0.3 is 4.74 Å². The van der Waals surface area contributed by atoms with Crippen LogP contribution in [0, 0.1) is 6.92 Å². The molecule has 4 nitrogen and oxygen atoms in total. The predicted octanol–water partition coefficient (Wildman–Crippen LogP) is 4.67. The maximum Gasteiger partial charge on any atom is 0.280 e. The lowest BCUT2D eigenvalue weighted by Crippen LogP contribution is -2.34. The maximum absolute atomic E-state index is 12.1. The molecule has 1 aromatic heterocycles. The molecule has 0 fully saturated rings. The van der Waals surface area contributed by atoms with Crippen molar-refractivity contribution in [3.63, 3.8) is 0 Å². The van der Waals surface area contributed by atoms with Crippen LogP contribution in [0.4, 0.5) is 0 Å². The second-order valence-electron chi connectivity index (χ2n) is 4.95. The summed E-state index contributed by atoms with van der Waals surface area (Å²) in [6, 6.07) is 8.89. The molecule has 0 radical (unpaired) electrons. The van der Waals surface area contributed by atoms with Gasteiger partial charge in [-0.15, -0.1) is 11.3 Å². The van der Waals surface area contributed by atoms with Crippen molar-refractivity contribution in [1.29, 1.82) is 0 Å². The summed E-state index contributed by atoms with van der Waals surface area (Å²) in [5.41, 5.74) is 4.05. The van der Waals surface area contributed by atoms with Gasteiger partial charge in [0, 0.05) is 5.02 Å². The molecule has 0 bridgehead atoms. The second kappa shape index (κ2) is 7.81. The monoisotopic (exact) mass is 370 g/mol. The first-order valence-corrected chi connectivity index (χ1v) is 8.46. The van der Waals surface area contributed by atoms with Crippen molar-refractivity contribution in [3.05, 3.63) is 50.1 Å². The zero-order valence-electron chi connectivity index (χ0n) is 12.9. The molecule has 1 heterocycles. The van der Waals surface area contributed by atoms with Gasteiger partial charge in [-0.3, -0.25) is 4.79 Å². The van der Waals surface area contributed by atoms with E-state index in [4.69, 9.17) is 27.9 Å². The van der Waals surface area contributed by atoms with Crippen LogP contribution in [0.15, 0.2) is 35.4 Å². The lowest BCUT2D eigenvalue weighted by atomic mass is 10.2. The van der Waals surface area contributed by atoms with Crippen molar-refractivity contribution in [3.8, 4) is 5.75 Å². The molecule has 2 rings (SSSR count). The zero-order chi connectivity index (χ0) is 17.0. The molecule has 0 spiro atoms. The van der Waals surface area contributed by atoms with Gasteiger partial charge in [-0.1, -0.05) is 23.2 Å². The average molecular weight is 371 g/mol. The lowest BCUT2D eigenvalue weighted by Gasteiger charge is -2.15. The van der Waals surface area contributed by atoms with Crippen LogP contribution >= 0.6 is 34.5 Å². The van der Waals surface area contributed by atoms with Gasteiger partial charge in [-0.05, 0) is 56.7 Å². The third kappa shape index (κ3) is 4.96. The van der Waals surface area contributed by atoms with Crippen LogP contribution < -0.4 is 10.2 Å². The number of benzene rings is 1. The van der Waals surface area contributed by atoms with Crippen molar-refractivity contribution >= 4 is 46.2 Å². The minimum absolute atomic E-state index is 0.332. The summed E-state index contributed by atoms with van der Waals surface area (Å²) >= 11 is 13.2. The highest BCUT2D eigenvalue weighted by Gasteiger charge is 2.15. The van der Waals surface area contributed by atoms with Crippen LogP contribution in [-0.4, -0.2) is 17.7 Å². The number of halogens is 2. The van der Waals surface area contributed by atoms with Gasteiger partial charge in [0.25, 0.3) is 5.91 Å². The number of hydrazone groups is 1. The van der Waals surface area contributed by atoms with Crippen molar-refractivity contribution in [2.45, 2.75) is 26.9 Å². The van der Waals surface area contributed by atoms with Gasteiger partial charge in [0.2, 0.25) is 0 Å². The summed E-state index contributed by atoms with van der Waals surface area (Å²) in [6.07, 6.45) is -0.682. The van der Waals surface area contributed by atoms with Crippen LogP contribution in [0.5, 0.6) is 5.75 Å². The van der Waals surface area contributed by atoms with E-state index in [0.29, 0.717) is 20.8 Å². The zero-order valence-corrected chi connectivity index (χ0v) is 15.2. The Labute approximate surface area is 149 Å². The molecule has 1 unspecified atom stereocenters. The van der Waals surface area contributed by atoms with E-state index < -0.39 is 6.10 Å². The molecule has 2 aromatic rings. The van der Waals surface area contributed by atoms with E-state index in [1.165, 1.54) is 11.3 Å². The normalized spacial score (nSPS) is 12.8. The molecular weight excluding hydrogens is 355 g/mol. The smallest absolute Gasteiger partial charge is 0.280 e. The van der Waals surface area contributed by atoms with E-state index in [9.17, 15) is 4.79 Å². The molecule has 0 aliphatic heterocycles. The lowest BCUT2D eigenvalue weighted by molar-refractivity contribution is -0.127. The Morgan fingerprint density at radius 1 is 1.30 bits per heavy atom. The number of hydrogen-bond donors (Lipinski definition) is 1. The highest BCUT2D eigenvalue weighted by Crippen LogP contribution is 2.23. The van der Waals surface area contributed by atoms with Crippen LogP contribution in [-0.2, 0) is 4.79 Å². The second-order valence-corrected chi connectivity index (χ2v) is 7.10. The summed E-state index contributed by atoms with van der Waals surface area (Å²) in [7, 11) is 0. The third-order valence-electron chi connectivity index (χ3n) is 3.07. The van der Waals surface area contributed by atoms with Crippen LogP contribution in [0.1, 0.15) is 24.3 Å². The molecule has 0 aliphatic carbocycles. The van der Waals surface area contributed by atoms with E-state index in [1.807, 2.05) is 13.0 Å².